The number of amides is 1. The van der Waals surface area contributed by atoms with Crippen molar-refractivity contribution in [3.05, 3.63) is 45.6 Å². The molecule has 1 aliphatic carbocycles. The number of thiophene rings is 1. The third-order valence-corrected chi connectivity index (χ3v) is 5.72. The SMILES string of the molecule is Cc1ccc(NC(=O)COc2ncnc3sc4c(c23)CCC4)c(Cl)c1. The molecule has 0 aliphatic heterocycles. The van der Waals surface area contributed by atoms with Gasteiger partial charge in [-0.3, -0.25) is 4.79 Å². The maximum atomic E-state index is 12.2. The van der Waals surface area contributed by atoms with E-state index in [-0.39, 0.29) is 12.5 Å². The number of hydrogen-bond donors (Lipinski definition) is 1. The Hall–Kier alpha value is -2.18. The van der Waals surface area contributed by atoms with Crippen LogP contribution < -0.4 is 10.1 Å². The molecule has 0 saturated heterocycles. The molecule has 128 valence electrons. The Morgan fingerprint density at radius 1 is 1.36 bits per heavy atom. The van der Waals surface area contributed by atoms with Gasteiger partial charge in [0.15, 0.2) is 6.61 Å². The summed E-state index contributed by atoms with van der Waals surface area (Å²) in [6.45, 7) is 1.82. The Kier molecular flexibility index (Phi) is 4.31. The van der Waals surface area contributed by atoms with Crippen molar-refractivity contribution in [2.24, 2.45) is 0 Å². The van der Waals surface area contributed by atoms with Crippen molar-refractivity contribution in [3.63, 3.8) is 0 Å². The van der Waals surface area contributed by atoms with Crippen molar-refractivity contribution in [2.45, 2.75) is 26.2 Å². The molecule has 0 radical (unpaired) electrons. The van der Waals surface area contributed by atoms with Gasteiger partial charge in [-0.05, 0) is 49.4 Å². The molecule has 7 heteroatoms. The number of fused-ring (bicyclic) bond motifs is 3. The minimum atomic E-state index is -0.274. The number of rotatable bonds is 4. The highest BCUT2D eigenvalue weighted by atomic mass is 35.5. The van der Waals surface area contributed by atoms with Crippen molar-refractivity contribution >= 4 is 44.7 Å². The summed E-state index contributed by atoms with van der Waals surface area (Å²) >= 11 is 7.83. The molecule has 0 unspecified atom stereocenters. The van der Waals surface area contributed by atoms with E-state index < -0.39 is 0 Å². The normalized spacial score (nSPS) is 13.0. The number of aromatic nitrogens is 2. The zero-order valence-electron chi connectivity index (χ0n) is 13.6. The van der Waals surface area contributed by atoms with Gasteiger partial charge >= 0.3 is 0 Å². The average molecular weight is 374 g/mol. The molecule has 4 rings (SSSR count). The second-order valence-electron chi connectivity index (χ2n) is 6.04. The molecule has 2 heterocycles. The number of nitrogens with zero attached hydrogens (tertiary/aromatic N) is 2. The molecule has 1 aliphatic rings. The lowest BCUT2D eigenvalue weighted by Gasteiger charge is -2.09. The van der Waals surface area contributed by atoms with Gasteiger partial charge in [-0.1, -0.05) is 17.7 Å². The van der Waals surface area contributed by atoms with Gasteiger partial charge in [0.05, 0.1) is 16.1 Å². The van der Waals surface area contributed by atoms with Gasteiger partial charge in [0.25, 0.3) is 5.91 Å². The zero-order valence-corrected chi connectivity index (χ0v) is 15.2. The topological polar surface area (TPSA) is 64.1 Å². The summed E-state index contributed by atoms with van der Waals surface area (Å²) in [5.74, 6) is 0.207. The van der Waals surface area contributed by atoms with Crippen LogP contribution in [-0.2, 0) is 17.6 Å². The van der Waals surface area contributed by atoms with Crippen LogP contribution in [0.15, 0.2) is 24.5 Å². The molecule has 0 bridgehead atoms. The van der Waals surface area contributed by atoms with Gasteiger partial charge in [0, 0.05) is 4.88 Å². The van der Waals surface area contributed by atoms with Crippen molar-refractivity contribution < 1.29 is 9.53 Å². The van der Waals surface area contributed by atoms with Crippen LogP contribution in [0.2, 0.25) is 5.02 Å². The lowest BCUT2D eigenvalue weighted by Crippen LogP contribution is -2.20. The summed E-state index contributed by atoms with van der Waals surface area (Å²) in [5, 5.41) is 4.23. The van der Waals surface area contributed by atoms with Crippen LogP contribution in [0.1, 0.15) is 22.4 Å². The second-order valence-corrected chi connectivity index (χ2v) is 7.53. The summed E-state index contributed by atoms with van der Waals surface area (Å²) < 4.78 is 5.70. The molecule has 0 fully saturated rings. The highest BCUT2D eigenvalue weighted by molar-refractivity contribution is 7.18. The van der Waals surface area contributed by atoms with Crippen LogP contribution in [0, 0.1) is 6.92 Å². The second kappa shape index (κ2) is 6.61. The summed E-state index contributed by atoms with van der Waals surface area (Å²) in [6.07, 6.45) is 4.74. The maximum Gasteiger partial charge on any atom is 0.262 e. The number of carbonyl (C=O) groups is 1. The molecule has 5 nitrogen and oxygen atoms in total. The number of benzene rings is 1. The monoisotopic (exact) mass is 373 g/mol. The highest BCUT2D eigenvalue weighted by Gasteiger charge is 2.22. The number of anilines is 1. The fraction of sp³-hybridized carbons (Fsp3) is 0.278. The lowest BCUT2D eigenvalue weighted by atomic mass is 10.2. The average Bonchev–Trinajstić information content (AvgIpc) is 3.16. The van der Waals surface area contributed by atoms with Crippen molar-refractivity contribution in [1.29, 1.82) is 0 Å². The molecule has 1 amide bonds. The first-order chi connectivity index (χ1) is 12.1. The first-order valence-corrected chi connectivity index (χ1v) is 9.25. The minimum Gasteiger partial charge on any atom is -0.467 e. The lowest BCUT2D eigenvalue weighted by molar-refractivity contribution is -0.118. The first-order valence-electron chi connectivity index (χ1n) is 8.06. The van der Waals surface area contributed by atoms with Gasteiger partial charge < -0.3 is 10.1 Å². The van der Waals surface area contributed by atoms with Crippen LogP contribution in [0.25, 0.3) is 10.2 Å². The van der Waals surface area contributed by atoms with E-state index in [1.807, 2.05) is 13.0 Å². The Labute approximate surface area is 154 Å². The molecule has 0 saturated carbocycles. The summed E-state index contributed by atoms with van der Waals surface area (Å²) in [7, 11) is 0. The van der Waals surface area contributed by atoms with Gasteiger partial charge in [-0.25, -0.2) is 9.97 Å². The Balaban J connectivity index is 1.50. The number of carbonyl (C=O) groups excluding carboxylic acids is 1. The third kappa shape index (κ3) is 3.19. The molecule has 2 aromatic heterocycles. The number of hydrogen-bond acceptors (Lipinski definition) is 5. The van der Waals surface area contributed by atoms with Gasteiger partial charge in [0.2, 0.25) is 5.88 Å². The highest BCUT2D eigenvalue weighted by Crippen LogP contribution is 2.39. The third-order valence-electron chi connectivity index (χ3n) is 4.21. The van der Waals surface area contributed by atoms with Crippen LogP contribution in [0.5, 0.6) is 5.88 Å². The van der Waals surface area contributed by atoms with E-state index in [9.17, 15) is 4.79 Å². The summed E-state index contributed by atoms with van der Waals surface area (Å²) in [6, 6.07) is 5.48. The van der Waals surface area contributed by atoms with E-state index in [0.717, 1.165) is 35.0 Å². The zero-order chi connectivity index (χ0) is 17.4. The fourth-order valence-electron chi connectivity index (χ4n) is 3.05. The standard InChI is InChI=1S/C18H16ClN3O2S/c1-10-5-6-13(12(19)7-10)22-15(23)8-24-17-16-11-3-2-4-14(11)25-18(16)21-9-20-17/h5-7,9H,2-4,8H2,1H3,(H,22,23). The van der Waals surface area contributed by atoms with Gasteiger partial charge in [-0.2, -0.15) is 0 Å². The van der Waals surface area contributed by atoms with Gasteiger partial charge in [-0.15, -0.1) is 11.3 Å². The van der Waals surface area contributed by atoms with E-state index in [2.05, 4.69) is 15.3 Å². The van der Waals surface area contributed by atoms with Crippen LogP contribution >= 0.6 is 22.9 Å². The van der Waals surface area contributed by atoms with E-state index in [1.165, 1.54) is 16.8 Å². The molecule has 1 aromatic carbocycles. The molecule has 1 N–H and O–H groups in total. The molecule has 3 aromatic rings. The molecule has 0 spiro atoms. The Morgan fingerprint density at radius 2 is 2.24 bits per heavy atom. The Bertz CT molecular complexity index is 970. The van der Waals surface area contributed by atoms with Gasteiger partial charge in [0.1, 0.15) is 11.2 Å². The number of nitrogens with one attached hydrogen (secondary N) is 1. The molecular formula is C18H16ClN3O2S. The minimum absolute atomic E-state index is 0.124. The fourth-order valence-corrected chi connectivity index (χ4v) is 4.55. The maximum absolute atomic E-state index is 12.2. The van der Waals surface area contributed by atoms with Crippen molar-refractivity contribution in [1.82, 2.24) is 9.97 Å². The largest absolute Gasteiger partial charge is 0.467 e. The quantitative estimate of drug-likeness (QED) is 0.745. The number of aryl methyl sites for hydroxylation is 3. The van der Waals surface area contributed by atoms with Crippen LogP contribution in [-0.4, -0.2) is 22.5 Å². The van der Waals surface area contributed by atoms with Crippen LogP contribution in [0.4, 0.5) is 5.69 Å². The first kappa shape index (κ1) is 16.3. The summed E-state index contributed by atoms with van der Waals surface area (Å²) in [5.41, 5.74) is 2.89. The predicted octanol–water partition coefficient (Wildman–Crippen LogP) is 4.16. The van der Waals surface area contributed by atoms with Crippen LogP contribution in [0.3, 0.4) is 0 Å². The van der Waals surface area contributed by atoms with Crippen molar-refractivity contribution in [2.75, 3.05) is 11.9 Å². The number of halogens is 1. The van der Waals surface area contributed by atoms with Crippen molar-refractivity contribution in [3.8, 4) is 5.88 Å². The predicted molar refractivity (Wildman–Crippen MR) is 99.8 cm³/mol. The summed E-state index contributed by atoms with van der Waals surface area (Å²) in [4.78, 5) is 23.0. The molecule has 25 heavy (non-hydrogen) atoms. The molecular weight excluding hydrogens is 358 g/mol. The molecule has 0 atom stereocenters. The number of ether oxygens (including phenoxy) is 1. The van der Waals surface area contributed by atoms with E-state index in [0.29, 0.717) is 16.6 Å². The van der Waals surface area contributed by atoms with E-state index in [4.69, 9.17) is 16.3 Å². The van der Waals surface area contributed by atoms with E-state index >= 15 is 0 Å². The Morgan fingerprint density at radius 3 is 3.08 bits per heavy atom. The smallest absolute Gasteiger partial charge is 0.262 e. The van der Waals surface area contributed by atoms with E-state index in [1.54, 1.807) is 23.5 Å².